The van der Waals surface area contributed by atoms with Gasteiger partial charge in [0, 0.05) is 19.4 Å². The predicted octanol–water partition coefficient (Wildman–Crippen LogP) is 2.63. The zero-order valence-corrected chi connectivity index (χ0v) is 6.91. The van der Waals surface area contributed by atoms with Crippen molar-refractivity contribution in [1.82, 2.24) is 9.97 Å². The SMILES string of the molecule is Cc1ccc(-c2ncc[nH]2)cc1.[HH]. The largest absolute Gasteiger partial charge is 0.345 e. The Morgan fingerprint density at radius 2 is 2.00 bits per heavy atom. The number of aromatic nitrogens is 2. The molecule has 0 atom stereocenters. The molecule has 0 saturated heterocycles. The molecule has 0 aliphatic heterocycles. The van der Waals surface area contributed by atoms with Crippen molar-refractivity contribution in [2.45, 2.75) is 6.92 Å². The van der Waals surface area contributed by atoms with E-state index in [0.717, 1.165) is 11.4 Å². The highest BCUT2D eigenvalue weighted by Crippen LogP contribution is 2.14. The molecule has 1 aromatic heterocycles. The molecule has 2 nitrogen and oxygen atoms in total. The monoisotopic (exact) mass is 160 g/mol. The summed E-state index contributed by atoms with van der Waals surface area (Å²) in [7, 11) is 0. The van der Waals surface area contributed by atoms with Crippen LogP contribution >= 0.6 is 0 Å². The maximum atomic E-state index is 4.16. The van der Waals surface area contributed by atoms with Crippen LogP contribution in [-0.4, -0.2) is 9.97 Å². The first-order chi connectivity index (χ1) is 5.86. The fourth-order valence-electron chi connectivity index (χ4n) is 1.13. The van der Waals surface area contributed by atoms with E-state index >= 15 is 0 Å². The summed E-state index contributed by atoms with van der Waals surface area (Å²) in [5.41, 5.74) is 2.40. The third-order valence-electron chi connectivity index (χ3n) is 1.82. The van der Waals surface area contributed by atoms with E-state index < -0.39 is 0 Å². The minimum atomic E-state index is 0. The van der Waals surface area contributed by atoms with Crippen LogP contribution in [0.2, 0.25) is 0 Å². The van der Waals surface area contributed by atoms with Gasteiger partial charge in [-0.3, -0.25) is 0 Å². The highest BCUT2D eigenvalue weighted by atomic mass is 14.9. The van der Waals surface area contributed by atoms with Crippen molar-refractivity contribution < 1.29 is 1.43 Å². The lowest BCUT2D eigenvalue weighted by Crippen LogP contribution is -1.79. The van der Waals surface area contributed by atoms with Gasteiger partial charge in [-0.05, 0) is 6.92 Å². The van der Waals surface area contributed by atoms with E-state index in [-0.39, 0.29) is 1.43 Å². The summed E-state index contributed by atoms with van der Waals surface area (Å²) in [6.07, 6.45) is 3.59. The van der Waals surface area contributed by atoms with Gasteiger partial charge in [-0.15, -0.1) is 0 Å². The highest BCUT2D eigenvalue weighted by molar-refractivity contribution is 5.54. The topological polar surface area (TPSA) is 28.7 Å². The number of nitrogens with one attached hydrogen (secondary N) is 1. The number of hydrogen-bond acceptors (Lipinski definition) is 1. The first-order valence-electron chi connectivity index (χ1n) is 3.93. The molecule has 0 fully saturated rings. The van der Waals surface area contributed by atoms with Crippen LogP contribution in [0.1, 0.15) is 6.99 Å². The molecule has 0 amide bonds. The van der Waals surface area contributed by atoms with Crippen molar-refractivity contribution in [3.8, 4) is 11.4 Å². The van der Waals surface area contributed by atoms with E-state index in [1.807, 2.05) is 6.20 Å². The van der Waals surface area contributed by atoms with E-state index in [9.17, 15) is 0 Å². The fraction of sp³-hybridized carbons (Fsp3) is 0.100. The Balaban J connectivity index is 0.000000845. The number of nitrogens with zero attached hydrogens (tertiary/aromatic N) is 1. The predicted molar refractivity (Wildman–Crippen MR) is 50.9 cm³/mol. The lowest BCUT2D eigenvalue weighted by atomic mass is 10.1. The standard InChI is InChI=1S/C10H10N2.H2/c1-8-2-4-9(5-3-8)10-11-6-7-12-10;/h2-7H,1H3,(H,11,12);1H. The van der Waals surface area contributed by atoms with Crippen molar-refractivity contribution in [2.24, 2.45) is 0 Å². The Kier molecular flexibility index (Phi) is 1.67. The Morgan fingerprint density at radius 3 is 2.58 bits per heavy atom. The van der Waals surface area contributed by atoms with E-state index in [4.69, 9.17) is 0 Å². The minimum absolute atomic E-state index is 0. The van der Waals surface area contributed by atoms with E-state index in [1.54, 1.807) is 6.20 Å². The smallest absolute Gasteiger partial charge is 0.137 e. The Bertz CT molecular complexity index is 351. The van der Waals surface area contributed by atoms with Crippen LogP contribution in [0.15, 0.2) is 36.7 Å². The quantitative estimate of drug-likeness (QED) is 0.682. The number of H-pyrrole nitrogens is 1. The first kappa shape index (κ1) is 7.10. The number of imidazole rings is 1. The third kappa shape index (κ3) is 1.23. The lowest BCUT2D eigenvalue weighted by molar-refractivity contribution is 1.30. The summed E-state index contributed by atoms with van der Waals surface area (Å²) >= 11 is 0. The molecule has 0 bridgehead atoms. The minimum Gasteiger partial charge on any atom is -0.345 e. The number of aryl methyl sites for hydroxylation is 1. The molecule has 1 N–H and O–H groups in total. The maximum Gasteiger partial charge on any atom is 0.137 e. The van der Waals surface area contributed by atoms with Crippen LogP contribution in [0, 0.1) is 6.92 Å². The number of aromatic amines is 1. The molecule has 0 unspecified atom stereocenters. The summed E-state index contributed by atoms with van der Waals surface area (Å²) in [5.74, 6) is 0.926. The summed E-state index contributed by atoms with van der Waals surface area (Å²) < 4.78 is 0. The van der Waals surface area contributed by atoms with Crippen molar-refractivity contribution in [2.75, 3.05) is 0 Å². The molecule has 0 radical (unpaired) electrons. The molecule has 0 saturated carbocycles. The summed E-state index contributed by atoms with van der Waals surface area (Å²) in [4.78, 5) is 7.22. The van der Waals surface area contributed by atoms with Gasteiger partial charge in [0.2, 0.25) is 0 Å². The Labute approximate surface area is 72.8 Å². The van der Waals surface area contributed by atoms with Gasteiger partial charge in [-0.25, -0.2) is 4.98 Å². The second-order valence-corrected chi connectivity index (χ2v) is 2.80. The molecule has 1 aromatic carbocycles. The van der Waals surface area contributed by atoms with Gasteiger partial charge in [0.15, 0.2) is 0 Å². The molecule has 2 rings (SSSR count). The number of benzene rings is 1. The van der Waals surface area contributed by atoms with Crippen LogP contribution in [0.4, 0.5) is 0 Å². The molecule has 12 heavy (non-hydrogen) atoms. The van der Waals surface area contributed by atoms with Crippen molar-refractivity contribution >= 4 is 0 Å². The van der Waals surface area contributed by atoms with Gasteiger partial charge in [0.05, 0.1) is 0 Å². The summed E-state index contributed by atoms with van der Waals surface area (Å²) in [6, 6.07) is 8.29. The van der Waals surface area contributed by atoms with Gasteiger partial charge in [0.25, 0.3) is 0 Å². The van der Waals surface area contributed by atoms with Gasteiger partial charge in [-0.2, -0.15) is 0 Å². The van der Waals surface area contributed by atoms with E-state index in [1.165, 1.54) is 5.56 Å². The molecular weight excluding hydrogens is 148 g/mol. The second kappa shape index (κ2) is 2.81. The van der Waals surface area contributed by atoms with Crippen LogP contribution in [0.3, 0.4) is 0 Å². The number of rotatable bonds is 1. The molecular formula is C10H12N2. The van der Waals surface area contributed by atoms with Gasteiger partial charge >= 0.3 is 0 Å². The van der Waals surface area contributed by atoms with Crippen molar-refractivity contribution in [1.29, 1.82) is 0 Å². The van der Waals surface area contributed by atoms with Crippen LogP contribution in [-0.2, 0) is 0 Å². The highest BCUT2D eigenvalue weighted by Gasteiger charge is 1.96. The molecule has 0 spiro atoms. The van der Waals surface area contributed by atoms with Crippen LogP contribution < -0.4 is 0 Å². The van der Waals surface area contributed by atoms with Gasteiger partial charge in [-0.1, -0.05) is 29.8 Å². The second-order valence-electron chi connectivity index (χ2n) is 2.80. The Morgan fingerprint density at radius 1 is 1.25 bits per heavy atom. The van der Waals surface area contributed by atoms with Gasteiger partial charge < -0.3 is 4.98 Å². The zero-order valence-electron chi connectivity index (χ0n) is 6.91. The van der Waals surface area contributed by atoms with E-state index in [0.29, 0.717) is 0 Å². The Hall–Kier alpha value is -1.57. The lowest BCUT2D eigenvalue weighted by Gasteiger charge is -1.96. The number of hydrogen-bond donors (Lipinski definition) is 1. The summed E-state index contributed by atoms with van der Waals surface area (Å²) in [6.45, 7) is 2.08. The summed E-state index contributed by atoms with van der Waals surface area (Å²) in [5, 5.41) is 0. The van der Waals surface area contributed by atoms with E-state index in [2.05, 4.69) is 41.2 Å². The van der Waals surface area contributed by atoms with Crippen LogP contribution in [0.5, 0.6) is 0 Å². The van der Waals surface area contributed by atoms with Crippen LogP contribution in [0.25, 0.3) is 11.4 Å². The van der Waals surface area contributed by atoms with Gasteiger partial charge in [0.1, 0.15) is 5.82 Å². The van der Waals surface area contributed by atoms with Crippen molar-refractivity contribution in [3.05, 3.63) is 42.2 Å². The van der Waals surface area contributed by atoms with Crippen molar-refractivity contribution in [3.63, 3.8) is 0 Å². The first-order valence-corrected chi connectivity index (χ1v) is 3.93. The molecule has 2 heteroatoms. The normalized spacial score (nSPS) is 10.1. The zero-order chi connectivity index (χ0) is 8.39. The molecule has 0 aliphatic carbocycles. The fourth-order valence-corrected chi connectivity index (χ4v) is 1.13. The molecule has 62 valence electrons. The average molecular weight is 160 g/mol. The third-order valence-corrected chi connectivity index (χ3v) is 1.82. The molecule has 0 aliphatic rings. The molecule has 1 heterocycles. The maximum absolute atomic E-state index is 4.16. The average Bonchev–Trinajstić information content (AvgIpc) is 2.58. The molecule has 2 aromatic rings.